The van der Waals surface area contributed by atoms with Crippen molar-refractivity contribution in [3.63, 3.8) is 0 Å². The van der Waals surface area contributed by atoms with E-state index in [1.165, 1.54) is 12.8 Å². The van der Waals surface area contributed by atoms with E-state index in [4.69, 9.17) is 0 Å². The second-order valence-corrected chi connectivity index (χ2v) is 5.69. The molecule has 19 heavy (non-hydrogen) atoms. The minimum atomic E-state index is -0.507. The number of carbonyl (C=O) groups excluding carboxylic acids is 2. The molecule has 108 valence electrons. The van der Waals surface area contributed by atoms with Crippen molar-refractivity contribution in [3.05, 3.63) is 0 Å². The number of nitrogens with one attached hydrogen (secondary N) is 2. The summed E-state index contributed by atoms with van der Waals surface area (Å²) in [6, 6.07) is 0.333. The molecule has 0 heterocycles. The van der Waals surface area contributed by atoms with Crippen molar-refractivity contribution in [1.29, 1.82) is 0 Å². The summed E-state index contributed by atoms with van der Waals surface area (Å²) in [5, 5.41) is 15.4. The molecule has 0 aromatic carbocycles. The molecular formula is C14H24N2O3. The quantitative estimate of drug-likeness (QED) is 0.687. The molecule has 0 aromatic rings. The Hall–Kier alpha value is -1.10. The summed E-state index contributed by atoms with van der Waals surface area (Å²) >= 11 is 0. The lowest BCUT2D eigenvalue weighted by atomic mass is 10.1. The summed E-state index contributed by atoms with van der Waals surface area (Å²) in [4.78, 5) is 23.4. The van der Waals surface area contributed by atoms with Gasteiger partial charge in [0.1, 0.15) is 0 Å². The number of aliphatic hydroxyl groups excluding tert-OH is 1. The van der Waals surface area contributed by atoms with Gasteiger partial charge in [0.25, 0.3) is 0 Å². The normalized spacial score (nSPS) is 27.4. The fourth-order valence-electron chi connectivity index (χ4n) is 3.05. The molecule has 0 aromatic heterocycles. The first-order chi connectivity index (χ1) is 9.16. The first-order valence-corrected chi connectivity index (χ1v) is 7.42. The highest BCUT2D eigenvalue weighted by Crippen LogP contribution is 2.25. The number of amides is 2. The fraction of sp³-hybridized carbons (Fsp3) is 0.857. The average molecular weight is 268 g/mol. The van der Waals surface area contributed by atoms with Crippen LogP contribution in [0.5, 0.6) is 0 Å². The minimum absolute atomic E-state index is 0.0131. The van der Waals surface area contributed by atoms with Gasteiger partial charge in [-0.15, -0.1) is 0 Å². The first-order valence-electron chi connectivity index (χ1n) is 7.42. The van der Waals surface area contributed by atoms with Gasteiger partial charge in [0.05, 0.1) is 12.0 Å². The van der Waals surface area contributed by atoms with Crippen LogP contribution in [0.15, 0.2) is 0 Å². The lowest BCUT2D eigenvalue weighted by Gasteiger charge is -2.15. The van der Waals surface area contributed by atoms with E-state index in [2.05, 4.69) is 10.6 Å². The third-order valence-electron chi connectivity index (χ3n) is 4.19. The van der Waals surface area contributed by atoms with Crippen molar-refractivity contribution in [2.75, 3.05) is 6.54 Å². The molecule has 2 amide bonds. The molecule has 2 saturated carbocycles. The van der Waals surface area contributed by atoms with E-state index in [9.17, 15) is 14.7 Å². The Balaban J connectivity index is 1.60. The van der Waals surface area contributed by atoms with Gasteiger partial charge in [0.15, 0.2) is 0 Å². The van der Waals surface area contributed by atoms with E-state index in [-0.39, 0.29) is 17.7 Å². The average Bonchev–Trinajstić information content (AvgIpc) is 3.00. The van der Waals surface area contributed by atoms with Gasteiger partial charge in [0.2, 0.25) is 11.8 Å². The number of hydrogen-bond donors (Lipinski definition) is 3. The van der Waals surface area contributed by atoms with Gasteiger partial charge in [0, 0.05) is 19.0 Å². The van der Waals surface area contributed by atoms with E-state index in [0.29, 0.717) is 25.4 Å². The van der Waals surface area contributed by atoms with E-state index >= 15 is 0 Å². The van der Waals surface area contributed by atoms with Crippen LogP contribution in [0.2, 0.25) is 0 Å². The van der Waals surface area contributed by atoms with Gasteiger partial charge in [-0.1, -0.05) is 12.8 Å². The highest BCUT2D eigenvalue weighted by atomic mass is 16.3. The van der Waals surface area contributed by atoms with Crippen LogP contribution in [-0.2, 0) is 9.59 Å². The van der Waals surface area contributed by atoms with Crippen molar-refractivity contribution in [2.24, 2.45) is 5.92 Å². The predicted octanol–water partition coefficient (Wildman–Crippen LogP) is 0.712. The van der Waals surface area contributed by atoms with Crippen molar-refractivity contribution in [3.8, 4) is 0 Å². The summed E-state index contributed by atoms with van der Waals surface area (Å²) in [5.74, 6) is -0.379. The second kappa shape index (κ2) is 6.89. The Morgan fingerprint density at radius 1 is 1.05 bits per heavy atom. The van der Waals surface area contributed by atoms with Gasteiger partial charge >= 0.3 is 0 Å². The molecular weight excluding hydrogens is 244 g/mol. The Morgan fingerprint density at radius 2 is 1.79 bits per heavy atom. The molecule has 2 fully saturated rings. The number of hydrogen-bond acceptors (Lipinski definition) is 3. The van der Waals surface area contributed by atoms with Crippen molar-refractivity contribution in [1.82, 2.24) is 10.6 Å². The lowest BCUT2D eigenvalue weighted by molar-refractivity contribution is -0.127. The Labute approximate surface area is 114 Å². The summed E-state index contributed by atoms with van der Waals surface area (Å²) in [5.41, 5.74) is 0. The lowest BCUT2D eigenvalue weighted by Crippen LogP contribution is -2.38. The van der Waals surface area contributed by atoms with Crippen LogP contribution in [-0.4, -0.2) is 35.6 Å². The molecule has 3 N–H and O–H groups in total. The van der Waals surface area contributed by atoms with Crippen LogP contribution in [0, 0.1) is 5.92 Å². The maximum absolute atomic E-state index is 11.8. The predicted molar refractivity (Wildman–Crippen MR) is 71.4 cm³/mol. The topological polar surface area (TPSA) is 78.4 Å². The number of carbonyl (C=O) groups is 2. The maximum atomic E-state index is 11.8. The molecule has 0 radical (unpaired) electrons. The van der Waals surface area contributed by atoms with Gasteiger partial charge in [-0.05, 0) is 32.1 Å². The van der Waals surface area contributed by atoms with E-state index in [1.807, 2.05) is 0 Å². The third kappa shape index (κ3) is 4.20. The smallest absolute Gasteiger partial charge is 0.225 e. The molecule has 2 aliphatic rings. The van der Waals surface area contributed by atoms with Gasteiger partial charge in [-0.25, -0.2) is 0 Å². The summed E-state index contributed by atoms with van der Waals surface area (Å²) in [6.45, 7) is 0.362. The molecule has 2 atom stereocenters. The second-order valence-electron chi connectivity index (χ2n) is 5.69. The zero-order valence-corrected chi connectivity index (χ0v) is 11.4. The summed E-state index contributed by atoms with van der Waals surface area (Å²) in [6.07, 6.45) is 6.72. The standard InChI is InChI=1S/C14H24N2O3/c17-12-7-3-6-11(12)14(19)15-9-8-13(18)16-10-4-1-2-5-10/h10-12,17H,1-9H2,(H,15,19)(H,16,18). The monoisotopic (exact) mass is 268 g/mol. The zero-order valence-electron chi connectivity index (χ0n) is 11.4. The highest BCUT2D eigenvalue weighted by molar-refractivity contribution is 5.81. The zero-order chi connectivity index (χ0) is 13.7. The van der Waals surface area contributed by atoms with E-state index in [1.54, 1.807) is 0 Å². The van der Waals surface area contributed by atoms with Crippen LogP contribution in [0.3, 0.4) is 0 Å². The van der Waals surface area contributed by atoms with Crippen LogP contribution < -0.4 is 10.6 Å². The SMILES string of the molecule is O=C(CCNC(=O)C1CCCC1O)NC1CCCC1. The summed E-state index contributed by atoms with van der Waals surface area (Å²) in [7, 11) is 0. The van der Waals surface area contributed by atoms with Gasteiger partial charge in [-0.3, -0.25) is 9.59 Å². The fourth-order valence-corrected chi connectivity index (χ4v) is 3.05. The number of aliphatic hydroxyl groups is 1. The first kappa shape index (κ1) is 14.3. The van der Waals surface area contributed by atoms with Crippen molar-refractivity contribution >= 4 is 11.8 Å². The van der Waals surface area contributed by atoms with Crippen LogP contribution in [0.1, 0.15) is 51.4 Å². The molecule has 0 spiro atoms. The molecule has 0 saturated heterocycles. The number of rotatable bonds is 5. The van der Waals surface area contributed by atoms with Crippen LogP contribution in [0.4, 0.5) is 0 Å². The van der Waals surface area contributed by atoms with Crippen LogP contribution in [0.25, 0.3) is 0 Å². The Kier molecular flexibility index (Phi) is 5.19. The van der Waals surface area contributed by atoms with Crippen molar-refractivity contribution in [2.45, 2.75) is 63.5 Å². The molecule has 5 nitrogen and oxygen atoms in total. The molecule has 0 aliphatic heterocycles. The third-order valence-corrected chi connectivity index (χ3v) is 4.19. The maximum Gasteiger partial charge on any atom is 0.225 e. The van der Waals surface area contributed by atoms with Gasteiger partial charge in [-0.2, -0.15) is 0 Å². The van der Waals surface area contributed by atoms with Crippen LogP contribution >= 0.6 is 0 Å². The van der Waals surface area contributed by atoms with E-state index < -0.39 is 6.10 Å². The molecule has 5 heteroatoms. The van der Waals surface area contributed by atoms with Gasteiger partial charge < -0.3 is 15.7 Å². The molecule has 2 rings (SSSR count). The largest absolute Gasteiger partial charge is 0.392 e. The minimum Gasteiger partial charge on any atom is -0.392 e. The molecule has 2 unspecified atom stereocenters. The van der Waals surface area contributed by atoms with E-state index in [0.717, 1.165) is 25.7 Å². The molecule has 0 bridgehead atoms. The molecule has 2 aliphatic carbocycles. The van der Waals surface area contributed by atoms with Crippen molar-refractivity contribution < 1.29 is 14.7 Å². The Morgan fingerprint density at radius 3 is 2.42 bits per heavy atom. The Bertz CT molecular complexity index is 327. The summed E-state index contributed by atoms with van der Waals surface area (Å²) < 4.78 is 0. The highest BCUT2D eigenvalue weighted by Gasteiger charge is 2.31.